The van der Waals surface area contributed by atoms with Crippen LogP contribution in [0.2, 0.25) is 0 Å². The maximum absolute atomic E-state index is 12.6. The predicted octanol–water partition coefficient (Wildman–Crippen LogP) is 4.52. The summed E-state index contributed by atoms with van der Waals surface area (Å²) in [5, 5.41) is 0. The van der Waals surface area contributed by atoms with Crippen LogP contribution in [-0.4, -0.2) is 18.4 Å². The van der Waals surface area contributed by atoms with Gasteiger partial charge in [0.1, 0.15) is 0 Å². The van der Waals surface area contributed by atoms with Crippen molar-refractivity contribution in [3.8, 4) is 0 Å². The van der Waals surface area contributed by atoms with E-state index in [2.05, 4.69) is 13.8 Å². The van der Waals surface area contributed by atoms with E-state index < -0.39 is 0 Å². The SMILES string of the molecule is CCOC(=O)C(CC(C)C)C(CC)C(=O)C=Cc1ccccc1. The number of carbonyl (C=O) groups is 2. The first-order valence-corrected chi connectivity index (χ1v) is 8.43. The second-order valence-corrected chi connectivity index (χ2v) is 6.15. The van der Waals surface area contributed by atoms with E-state index in [1.165, 1.54) is 0 Å². The number of carbonyl (C=O) groups excluding carboxylic acids is 2. The summed E-state index contributed by atoms with van der Waals surface area (Å²) >= 11 is 0. The molecular formula is C20H28O3. The van der Waals surface area contributed by atoms with Gasteiger partial charge in [-0.15, -0.1) is 0 Å². The number of ketones is 1. The van der Waals surface area contributed by atoms with Crippen LogP contribution in [0.25, 0.3) is 6.08 Å². The number of hydrogen-bond donors (Lipinski definition) is 0. The molecule has 23 heavy (non-hydrogen) atoms. The molecule has 3 heteroatoms. The zero-order valence-electron chi connectivity index (χ0n) is 14.6. The van der Waals surface area contributed by atoms with Crippen molar-refractivity contribution in [1.82, 2.24) is 0 Å². The first-order valence-electron chi connectivity index (χ1n) is 8.43. The van der Waals surface area contributed by atoms with Gasteiger partial charge in [0.25, 0.3) is 0 Å². The minimum atomic E-state index is -0.368. The Kier molecular flexibility index (Phi) is 8.31. The van der Waals surface area contributed by atoms with Crippen LogP contribution in [0.3, 0.4) is 0 Å². The molecule has 0 aliphatic rings. The van der Waals surface area contributed by atoms with Crippen molar-refractivity contribution in [2.24, 2.45) is 17.8 Å². The highest BCUT2D eigenvalue weighted by Gasteiger charge is 2.32. The molecule has 1 aromatic carbocycles. The van der Waals surface area contributed by atoms with E-state index in [1.807, 2.05) is 43.3 Å². The molecule has 0 spiro atoms. The van der Waals surface area contributed by atoms with Gasteiger partial charge in [-0.25, -0.2) is 0 Å². The van der Waals surface area contributed by atoms with E-state index in [4.69, 9.17) is 4.74 Å². The third kappa shape index (κ3) is 6.39. The number of rotatable bonds is 9. The Balaban J connectivity index is 2.89. The van der Waals surface area contributed by atoms with Crippen LogP contribution in [0.1, 0.15) is 46.1 Å². The molecule has 0 heterocycles. The number of benzene rings is 1. The summed E-state index contributed by atoms with van der Waals surface area (Å²) in [6, 6.07) is 9.69. The average molecular weight is 316 g/mol. The molecule has 0 aromatic heterocycles. The van der Waals surface area contributed by atoms with E-state index in [9.17, 15) is 9.59 Å². The van der Waals surface area contributed by atoms with Crippen LogP contribution >= 0.6 is 0 Å². The van der Waals surface area contributed by atoms with Gasteiger partial charge in [-0.3, -0.25) is 9.59 Å². The van der Waals surface area contributed by atoms with Crippen LogP contribution in [0.15, 0.2) is 36.4 Å². The number of hydrogen-bond acceptors (Lipinski definition) is 3. The molecule has 0 amide bonds. The van der Waals surface area contributed by atoms with E-state index in [1.54, 1.807) is 13.0 Å². The molecule has 0 fully saturated rings. The van der Waals surface area contributed by atoms with Crippen molar-refractivity contribution >= 4 is 17.8 Å². The Labute approximate surface area is 139 Å². The summed E-state index contributed by atoms with van der Waals surface area (Å²) in [6.45, 7) is 8.21. The monoisotopic (exact) mass is 316 g/mol. The molecule has 0 saturated heterocycles. The molecule has 2 atom stereocenters. The third-order valence-electron chi connectivity index (χ3n) is 3.85. The molecule has 126 valence electrons. The lowest BCUT2D eigenvalue weighted by Gasteiger charge is -2.24. The smallest absolute Gasteiger partial charge is 0.309 e. The van der Waals surface area contributed by atoms with Gasteiger partial charge in [0.05, 0.1) is 12.5 Å². The van der Waals surface area contributed by atoms with Gasteiger partial charge in [-0.05, 0) is 37.3 Å². The molecule has 2 unspecified atom stereocenters. The highest BCUT2D eigenvalue weighted by Crippen LogP contribution is 2.26. The minimum absolute atomic E-state index is 0.00458. The van der Waals surface area contributed by atoms with Gasteiger partial charge in [0, 0.05) is 5.92 Å². The Bertz CT molecular complexity index is 517. The fraction of sp³-hybridized carbons (Fsp3) is 0.500. The number of ether oxygens (including phenoxy) is 1. The first kappa shape index (κ1) is 19.1. The van der Waals surface area contributed by atoms with Crippen molar-refractivity contribution in [3.05, 3.63) is 42.0 Å². The number of esters is 1. The largest absolute Gasteiger partial charge is 0.466 e. The summed E-state index contributed by atoms with van der Waals surface area (Å²) in [5.74, 6) is -0.613. The van der Waals surface area contributed by atoms with E-state index in [-0.39, 0.29) is 23.6 Å². The third-order valence-corrected chi connectivity index (χ3v) is 3.85. The fourth-order valence-electron chi connectivity index (χ4n) is 2.73. The molecule has 1 rings (SSSR count). The Morgan fingerprint density at radius 1 is 1.09 bits per heavy atom. The van der Waals surface area contributed by atoms with Gasteiger partial charge in [-0.1, -0.05) is 57.2 Å². The second kappa shape index (κ2) is 9.98. The van der Waals surface area contributed by atoms with Crippen LogP contribution in [0.5, 0.6) is 0 Å². The zero-order chi connectivity index (χ0) is 17.2. The molecule has 0 saturated carbocycles. The maximum atomic E-state index is 12.6. The highest BCUT2D eigenvalue weighted by atomic mass is 16.5. The standard InChI is InChI=1S/C20H28O3/c1-5-17(18(14-15(3)4)20(22)23-6-2)19(21)13-12-16-10-8-7-9-11-16/h7-13,15,17-18H,5-6,14H2,1-4H3. The lowest BCUT2D eigenvalue weighted by molar-refractivity contribution is -0.152. The fourth-order valence-corrected chi connectivity index (χ4v) is 2.73. The Hall–Kier alpha value is -1.90. The van der Waals surface area contributed by atoms with E-state index in [0.717, 1.165) is 5.56 Å². The van der Waals surface area contributed by atoms with Gasteiger partial charge >= 0.3 is 5.97 Å². The highest BCUT2D eigenvalue weighted by molar-refractivity contribution is 5.97. The van der Waals surface area contributed by atoms with E-state index in [0.29, 0.717) is 25.4 Å². The lowest BCUT2D eigenvalue weighted by atomic mass is 9.81. The molecule has 3 nitrogen and oxygen atoms in total. The van der Waals surface area contributed by atoms with Crippen molar-refractivity contribution in [3.63, 3.8) is 0 Å². The predicted molar refractivity (Wildman–Crippen MR) is 93.8 cm³/mol. The molecule has 0 aliphatic carbocycles. The van der Waals surface area contributed by atoms with Crippen molar-refractivity contribution in [2.45, 2.75) is 40.5 Å². The van der Waals surface area contributed by atoms with Crippen LogP contribution in [0.4, 0.5) is 0 Å². The van der Waals surface area contributed by atoms with Gasteiger partial charge < -0.3 is 4.74 Å². The topological polar surface area (TPSA) is 43.4 Å². The normalized spacial score (nSPS) is 14.0. The molecule has 0 aliphatic heterocycles. The first-order chi connectivity index (χ1) is 11.0. The Morgan fingerprint density at radius 3 is 2.26 bits per heavy atom. The summed E-state index contributed by atoms with van der Waals surface area (Å²) in [6.07, 6.45) is 4.70. The van der Waals surface area contributed by atoms with Crippen LogP contribution < -0.4 is 0 Å². The Morgan fingerprint density at radius 2 is 1.74 bits per heavy atom. The zero-order valence-corrected chi connectivity index (χ0v) is 14.6. The molecular weight excluding hydrogens is 288 g/mol. The van der Waals surface area contributed by atoms with Crippen molar-refractivity contribution in [2.75, 3.05) is 6.61 Å². The maximum Gasteiger partial charge on any atom is 0.309 e. The summed E-state index contributed by atoms with van der Waals surface area (Å²) in [5.41, 5.74) is 0.979. The van der Waals surface area contributed by atoms with E-state index >= 15 is 0 Å². The summed E-state index contributed by atoms with van der Waals surface area (Å²) in [4.78, 5) is 24.8. The van der Waals surface area contributed by atoms with Crippen LogP contribution in [-0.2, 0) is 14.3 Å². The summed E-state index contributed by atoms with van der Waals surface area (Å²) in [7, 11) is 0. The lowest BCUT2D eigenvalue weighted by Crippen LogP contribution is -2.31. The quantitative estimate of drug-likeness (QED) is 0.497. The van der Waals surface area contributed by atoms with Gasteiger partial charge in [-0.2, -0.15) is 0 Å². The molecule has 1 aromatic rings. The van der Waals surface area contributed by atoms with Crippen molar-refractivity contribution in [1.29, 1.82) is 0 Å². The average Bonchev–Trinajstić information content (AvgIpc) is 2.53. The van der Waals surface area contributed by atoms with Gasteiger partial charge in [0.2, 0.25) is 0 Å². The van der Waals surface area contributed by atoms with Crippen molar-refractivity contribution < 1.29 is 14.3 Å². The summed E-state index contributed by atoms with van der Waals surface area (Å²) < 4.78 is 5.19. The van der Waals surface area contributed by atoms with Gasteiger partial charge in [0.15, 0.2) is 5.78 Å². The molecule has 0 bridgehead atoms. The minimum Gasteiger partial charge on any atom is -0.466 e. The number of allylic oxidation sites excluding steroid dienone is 1. The second-order valence-electron chi connectivity index (χ2n) is 6.15. The molecule has 0 N–H and O–H groups in total. The van der Waals surface area contributed by atoms with Crippen LogP contribution in [0, 0.1) is 17.8 Å². The molecule has 0 radical (unpaired) electrons.